The average Bonchev–Trinajstić information content (AvgIpc) is 3.19. The maximum absolute atomic E-state index is 6.81. The number of hydrogen-bond acceptors (Lipinski definition) is 1. The lowest BCUT2D eigenvalue weighted by Crippen LogP contribution is -2.20. The number of fused-ring (bicyclic) bond motifs is 8. The minimum atomic E-state index is 0.104. The van der Waals surface area contributed by atoms with Gasteiger partial charge >= 0.3 is 0 Å². The number of ether oxygens (including phenoxy) is 1. The lowest BCUT2D eigenvalue weighted by Gasteiger charge is -2.31. The lowest BCUT2D eigenvalue weighted by atomic mass is 9.81. The van der Waals surface area contributed by atoms with Gasteiger partial charge in [0.15, 0.2) is 0 Å². The third-order valence-corrected chi connectivity index (χ3v) is 7.29. The molecule has 2 aliphatic rings. The van der Waals surface area contributed by atoms with Gasteiger partial charge in [0, 0.05) is 16.9 Å². The van der Waals surface area contributed by atoms with E-state index in [9.17, 15) is 0 Å². The van der Waals surface area contributed by atoms with E-state index in [0.29, 0.717) is 5.92 Å². The van der Waals surface area contributed by atoms with Gasteiger partial charge in [-0.25, -0.2) is 0 Å². The zero-order valence-corrected chi connectivity index (χ0v) is 19.5. The molecule has 6 rings (SSSR count). The van der Waals surface area contributed by atoms with Gasteiger partial charge in [0.25, 0.3) is 0 Å². The molecule has 4 aromatic rings. The van der Waals surface area contributed by atoms with Gasteiger partial charge in [-0.05, 0) is 57.7 Å². The minimum Gasteiger partial charge on any atom is -0.485 e. The highest BCUT2D eigenvalue weighted by molar-refractivity contribution is 6.10. The van der Waals surface area contributed by atoms with Crippen LogP contribution in [0.2, 0.25) is 0 Å². The van der Waals surface area contributed by atoms with Crippen LogP contribution in [0.1, 0.15) is 67.7 Å². The monoisotopic (exact) mass is 430 g/mol. The first-order valence-corrected chi connectivity index (χ1v) is 12.4. The predicted molar refractivity (Wildman–Crippen MR) is 139 cm³/mol. The van der Waals surface area contributed by atoms with Crippen molar-refractivity contribution in [2.24, 2.45) is 0 Å². The van der Waals surface area contributed by atoms with E-state index in [4.69, 9.17) is 4.74 Å². The molecule has 0 aromatic heterocycles. The highest BCUT2D eigenvalue weighted by atomic mass is 16.5. The van der Waals surface area contributed by atoms with E-state index in [2.05, 4.69) is 98.8 Å². The Kier molecular flexibility index (Phi) is 5.06. The molecule has 0 N–H and O–H groups in total. The van der Waals surface area contributed by atoms with Crippen molar-refractivity contribution < 1.29 is 4.74 Å². The topological polar surface area (TPSA) is 9.23 Å². The molecule has 0 amide bonds. The largest absolute Gasteiger partial charge is 0.485 e. The summed E-state index contributed by atoms with van der Waals surface area (Å²) in [4.78, 5) is 0. The fraction of sp³-hybridized carbons (Fsp3) is 0.250. The normalized spacial score (nSPS) is 18.3. The summed E-state index contributed by atoms with van der Waals surface area (Å²) in [5.74, 6) is 1.48. The number of hydrogen-bond donors (Lipinski definition) is 0. The van der Waals surface area contributed by atoms with E-state index in [1.54, 1.807) is 0 Å². The second-order valence-electron chi connectivity index (χ2n) is 9.36. The van der Waals surface area contributed by atoms with Gasteiger partial charge in [0.2, 0.25) is 0 Å². The molecule has 4 aromatic carbocycles. The molecule has 164 valence electrons. The van der Waals surface area contributed by atoms with E-state index < -0.39 is 0 Å². The van der Waals surface area contributed by atoms with Crippen molar-refractivity contribution in [3.05, 3.63) is 107 Å². The number of rotatable bonds is 5. The number of benzene rings is 4. The van der Waals surface area contributed by atoms with Gasteiger partial charge in [-0.15, -0.1) is 0 Å². The summed E-state index contributed by atoms with van der Waals surface area (Å²) >= 11 is 0. The predicted octanol–water partition coefficient (Wildman–Crippen LogP) is 8.75. The minimum absolute atomic E-state index is 0.104. The Morgan fingerprint density at radius 3 is 2.18 bits per heavy atom. The molecule has 1 heteroatoms. The highest BCUT2D eigenvalue weighted by Crippen LogP contribution is 2.57. The zero-order chi connectivity index (χ0) is 22.4. The summed E-state index contributed by atoms with van der Waals surface area (Å²) in [5.41, 5.74) is 9.69. The van der Waals surface area contributed by atoms with Crippen LogP contribution in [-0.2, 0) is 0 Å². The van der Waals surface area contributed by atoms with E-state index in [1.807, 2.05) is 0 Å². The molecule has 1 nitrogen and oxygen atoms in total. The first kappa shape index (κ1) is 20.3. The molecule has 33 heavy (non-hydrogen) atoms. The van der Waals surface area contributed by atoms with Crippen LogP contribution >= 0.6 is 0 Å². The molecule has 0 saturated carbocycles. The van der Waals surface area contributed by atoms with Crippen LogP contribution in [0.15, 0.2) is 84.9 Å². The molecular formula is C32H30O. The first-order valence-electron chi connectivity index (χ1n) is 12.4. The third kappa shape index (κ3) is 3.14. The fourth-order valence-electron chi connectivity index (χ4n) is 5.97. The molecule has 0 saturated heterocycles. The zero-order valence-electron chi connectivity index (χ0n) is 19.5. The fourth-order valence-corrected chi connectivity index (χ4v) is 5.97. The summed E-state index contributed by atoms with van der Waals surface area (Å²) in [6.07, 6.45) is 6.93. The quantitative estimate of drug-likeness (QED) is 0.307. The summed E-state index contributed by atoms with van der Waals surface area (Å²) in [6.45, 7) is 4.54. The molecule has 1 heterocycles. The summed E-state index contributed by atoms with van der Waals surface area (Å²) in [6, 6.07) is 28.8. The van der Waals surface area contributed by atoms with Crippen LogP contribution < -0.4 is 4.74 Å². The van der Waals surface area contributed by atoms with Crippen molar-refractivity contribution in [3.63, 3.8) is 0 Å². The molecule has 2 atom stereocenters. The van der Waals surface area contributed by atoms with Crippen molar-refractivity contribution in [1.82, 2.24) is 0 Å². The van der Waals surface area contributed by atoms with Crippen LogP contribution in [0.5, 0.6) is 5.75 Å². The third-order valence-electron chi connectivity index (χ3n) is 7.29. The maximum atomic E-state index is 6.81. The van der Waals surface area contributed by atoms with E-state index in [1.165, 1.54) is 49.7 Å². The van der Waals surface area contributed by atoms with Crippen molar-refractivity contribution in [2.75, 3.05) is 0 Å². The van der Waals surface area contributed by atoms with Crippen LogP contribution in [-0.4, -0.2) is 6.10 Å². The van der Waals surface area contributed by atoms with Crippen molar-refractivity contribution >= 4 is 16.3 Å². The van der Waals surface area contributed by atoms with Gasteiger partial charge in [0.05, 0.1) is 0 Å². The standard InChI is InChI=1S/C32H30O/c1-3-12-22-20-28(21-14-6-5-7-15-21)31-30-24(13-4-2)23-16-8-9-17-25(23)29(30)26-18-10-11-19-27(26)32(31)33-22/h5-11,14-20,22,24H,3-4,12-13H2,1-2H3. The van der Waals surface area contributed by atoms with Crippen molar-refractivity contribution in [2.45, 2.75) is 51.6 Å². The molecule has 0 radical (unpaired) electrons. The second-order valence-corrected chi connectivity index (χ2v) is 9.36. The molecule has 1 aliphatic heterocycles. The Labute approximate surface area is 196 Å². The molecular weight excluding hydrogens is 400 g/mol. The van der Waals surface area contributed by atoms with E-state index in [0.717, 1.165) is 31.4 Å². The Morgan fingerprint density at radius 1 is 0.697 bits per heavy atom. The second kappa shape index (κ2) is 8.23. The van der Waals surface area contributed by atoms with Gasteiger partial charge in [-0.1, -0.05) is 106 Å². The van der Waals surface area contributed by atoms with Gasteiger partial charge in [-0.3, -0.25) is 0 Å². The van der Waals surface area contributed by atoms with Crippen LogP contribution in [0, 0.1) is 0 Å². The van der Waals surface area contributed by atoms with Gasteiger partial charge < -0.3 is 4.74 Å². The lowest BCUT2D eigenvalue weighted by molar-refractivity contribution is 0.236. The van der Waals surface area contributed by atoms with E-state index >= 15 is 0 Å². The van der Waals surface area contributed by atoms with Gasteiger partial charge in [0.1, 0.15) is 11.9 Å². The van der Waals surface area contributed by atoms with Crippen molar-refractivity contribution in [3.8, 4) is 16.9 Å². The molecule has 0 fully saturated rings. The molecule has 0 bridgehead atoms. The molecule has 2 unspecified atom stereocenters. The Morgan fingerprint density at radius 2 is 1.39 bits per heavy atom. The van der Waals surface area contributed by atoms with Crippen LogP contribution in [0.3, 0.4) is 0 Å². The Balaban J connectivity index is 1.74. The maximum Gasteiger partial charge on any atom is 0.136 e. The Bertz CT molecular complexity index is 1360. The van der Waals surface area contributed by atoms with Gasteiger partial charge in [-0.2, -0.15) is 0 Å². The van der Waals surface area contributed by atoms with Crippen LogP contribution in [0.25, 0.3) is 27.5 Å². The van der Waals surface area contributed by atoms with Crippen LogP contribution in [0.4, 0.5) is 0 Å². The summed E-state index contributed by atoms with van der Waals surface area (Å²) in [7, 11) is 0. The Hall–Kier alpha value is -3.32. The average molecular weight is 431 g/mol. The first-order chi connectivity index (χ1) is 16.3. The smallest absolute Gasteiger partial charge is 0.136 e. The summed E-state index contributed by atoms with van der Waals surface area (Å²) in [5, 5.41) is 2.56. The highest BCUT2D eigenvalue weighted by Gasteiger charge is 2.37. The van der Waals surface area contributed by atoms with Crippen molar-refractivity contribution in [1.29, 1.82) is 0 Å². The SMILES string of the molecule is CCCC1C=C(c2ccccc2)c2c3c(c4ccccc4c2O1)-c1ccccc1C3CCC. The molecule has 0 spiro atoms. The molecule has 1 aliphatic carbocycles. The summed E-state index contributed by atoms with van der Waals surface area (Å²) < 4.78 is 6.81. The van der Waals surface area contributed by atoms with E-state index in [-0.39, 0.29) is 6.10 Å².